The molecule has 3 aromatic rings. The van der Waals surface area contributed by atoms with E-state index in [0.29, 0.717) is 29.5 Å². The maximum absolute atomic E-state index is 12.2. The number of thiazole rings is 1. The molecule has 1 amide bonds. The third-order valence-electron chi connectivity index (χ3n) is 3.90. The molecule has 0 radical (unpaired) electrons. The van der Waals surface area contributed by atoms with E-state index in [1.54, 1.807) is 20.4 Å². The molecule has 0 aliphatic rings. The summed E-state index contributed by atoms with van der Waals surface area (Å²) in [6.07, 6.45) is 2.77. The first-order valence-electron chi connectivity index (χ1n) is 8.21. The third-order valence-corrected chi connectivity index (χ3v) is 4.86. The van der Waals surface area contributed by atoms with E-state index in [-0.39, 0.29) is 5.91 Å². The standard InChI is InChI=1S/C20H20N2O3S/c1-24-16-10-8-14(12-17(16)25-2)9-11-19(23)22-20-21-13-18(26-20)15-6-4-3-5-7-15/h3-8,10,12-13H,9,11H2,1-2H3,(H,21,22,23). The molecular weight excluding hydrogens is 348 g/mol. The van der Waals surface area contributed by atoms with E-state index >= 15 is 0 Å². The van der Waals surface area contributed by atoms with Crippen molar-refractivity contribution in [2.24, 2.45) is 0 Å². The molecule has 0 saturated heterocycles. The highest BCUT2D eigenvalue weighted by molar-refractivity contribution is 7.19. The zero-order chi connectivity index (χ0) is 18.4. The summed E-state index contributed by atoms with van der Waals surface area (Å²) in [7, 11) is 3.20. The maximum atomic E-state index is 12.2. The fourth-order valence-electron chi connectivity index (χ4n) is 2.54. The monoisotopic (exact) mass is 368 g/mol. The fraction of sp³-hybridized carbons (Fsp3) is 0.200. The zero-order valence-electron chi connectivity index (χ0n) is 14.7. The van der Waals surface area contributed by atoms with E-state index in [1.807, 2.05) is 48.5 Å². The number of carbonyl (C=O) groups excluding carboxylic acids is 1. The van der Waals surface area contributed by atoms with Gasteiger partial charge in [0.15, 0.2) is 16.6 Å². The van der Waals surface area contributed by atoms with Gasteiger partial charge in [-0.25, -0.2) is 4.98 Å². The van der Waals surface area contributed by atoms with Crippen molar-refractivity contribution in [3.05, 3.63) is 60.3 Å². The van der Waals surface area contributed by atoms with Crippen LogP contribution in [0.4, 0.5) is 5.13 Å². The Bertz CT molecular complexity index is 878. The van der Waals surface area contributed by atoms with Crippen LogP contribution < -0.4 is 14.8 Å². The minimum Gasteiger partial charge on any atom is -0.493 e. The molecule has 0 bridgehead atoms. The van der Waals surface area contributed by atoms with Crippen LogP contribution in [0.5, 0.6) is 11.5 Å². The largest absolute Gasteiger partial charge is 0.493 e. The van der Waals surface area contributed by atoms with Crippen molar-refractivity contribution in [3.8, 4) is 21.9 Å². The van der Waals surface area contributed by atoms with Crippen LogP contribution in [-0.2, 0) is 11.2 Å². The molecule has 0 saturated carbocycles. The maximum Gasteiger partial charge on any atom is 0.226 e. The van der Waals surface area contributed by atoms with Crippen molar-refractivity contribution in [1.29, 1.82) is 0 Å². The van der Waals surface area contributed by atoms with Gasteiger partial charge in [0.2, 0.25) is 5.91 Å². The second kappa shape index (κ2) is 8.49. The molecule has 0 aliphatic heterocycles. The van der Waals surface area contributed by atoms with E-state index in [0.717, 1.165) is 16.0 Å². The highest BCUT2D eigenvalue weighted by Gasteiger charge is 2.10. The lowest BCUT2D eigenvalue weighted by Crippen LogP contribution is -2.12. The second-order valence-electron chi connectivity index (χ2n) is 5.63. The van der Waals surface area contributed by atoms with Gasteiger partial charge in [0.1, 0.15) is 0 Å². The van der Waals surface area contributed by atoms with Gasteiger partial charge in [-0.1, -0.05) is 47.7 Å². The molecule has 0 spiro atoms. The van der Waals surface area contributed by atoms with Gasteiger partial charge < -0.3 is 14.8 Å². The van der Waals surface area contributed by atoms with Crippen molar-refractivity contribution < 1.29 is 14.3 Å². The van der Waals surface area contributed by atoms with Crippen LogP contribution in [0, 0.1) is 0 Å². The summed E-state index contributed by atoms with van der Waals surface area (Å²) >= 11 is 1.47. The zero-order valence-corrected chi connectivity index (χ0v) is 15.5. The quantitative estimate of drug-likeness (QED) is 0.671. The molecule has 2 aromatic carbocycles. The summed E-state index contributed by atoms with van der Waals surface area (Å²) in [5.74, 6) is 1.28. The summed E-state index contributed by atoms with van der Waals surface area (Å²) in [6, 6.07) is 15.7. The molecular formula is C20H20N2O3S. The van der Waals surface area contributed by atoms with Gasteiger partial charge in [0.25, 0.3) is 0 Å². The Morgan fingerprint density at radius 1 is 1.08 bits per heavy atom. The van der Waals surface area contributed by atoms with Crippen LogP contribution in [0.25, 0.3) is 10.4 Å². The van der Waals surface area contributed by atoms with Gasteiger partial charge >= 0.3 is 0 Å². The molecule has 0 atom stereocenters. The Balaban J connectivity index is 1.57. The summed E-state index contributed by atoms with van der Waals surface area (Å²) in [5, 5.41) is 3.48. The number of hydrogen-bond donors (Lipinski definition) is 1. The lowest BCUT2D eigenvalue weighted by molar-refractivity contribution is -0.116. The van der Waals surface area contributed by atoms with Crippen molar-refractivity contribution in [1.82, 2.24) is 4.98 Å². The van der Waals surface area contributed by atoms with Crippen molar-refractivity contribution in [2.45, 2.75) is 12.8 Å². The lowest BCUT2D eigenvalue weighted by Gasteiger charge is -2.09. The molecule has 26 heavy (non-hydrogen) atoms. The molecule has 0 unspecified atom stereocenters. The summed E-state index contributed by atoms with van der Waals surface area (Å²) < 4.78 is 10.5. The molecule has 1 heterocycles. The second-order valence-corrected chi connectivity index (χ2v) is 6.66. The van der Waals surface area contributed by atoms with Gasteiger partial charge in [-0.05, 0) is 29.7 Å². The molecule has 0 aliphatic carbocycles. The Hall–Kier alpha value is -2.86. The van der Waals surface area contributed by atoms with Crippen LogP contribution in [0.3, 0.4) is 0 Å². The number of methoxy groups -OCH3 is 2. The van der Waals surface area contributed by atoms with Crippen LogP contribution in [-0.4, -0.2) is 25.1 Å². The van der Waals surface area contributed by atoms with Crippen LogP contribution in [0.2, 0.25) is 0 Å². The number of rotatable bonds is 7. The average Bonchev–Trinajstić information content (AvgIpc) is 3.15. The van der Waals surface area contributed by atoms with Crippen LogP contribution in [0.15, 0.2) is 54.7 Å². The molecule has 1 aromatic heterocycles. The molecule has 6 heteroatoms. The van der Waals surface area contributed by atoms with Crippen molar-refractivity contribution in [2.75, 3.05) is 19.5 Å². The Morgan fingerprint density at radius 2 is 1.85 bits per heavy atom. The fourth-order valence-corrected chi connectivity index (χ4v) is 3.38. The normalized spacial score (nSPS) is 10.4. The van der Waals surface area contributed by atoms with Crippen molar-refractivity contribution in [3.63, 3.8) is 0 Å². The predicted molar refractivity (Wildman–Crippen MR) is 104 cm³/mol. The van der Waals surface area contributed by atoms with Gasteiger partial charge in [0.05, 0.1) is 19.1 Å². The number of nitrogens with one attached hydrogen (secondary N) is 1. The van der Waals surface area contributed by atoms with Gasteiger partial charge in [-0.2, -0.15) is 0 Å². The highest BCUT2D eigenvalue weighted by atomic mass is 32.1. The first-order valence-corrected chi connectivity index (χ1v) is 9.03. The minimum absolute atomic E-state index is 0.0613. The Kier molecular flexibility index (Phi) is 5.86. The van der Waals surface area contributed by atoms with Gasteiger partial charge in [0, 0.05) is 12.6 Å². The van der Waals surface area contributed by atoms with E-state index in [4.69, 9.17) is 9.47 Å². The predicted octanol–water partition coefficient (Wildman–Crippen LogP) is 4.40. The molecule has 134 valence electrons. The number of amides is 1. The smallest absolute Gasteiger partial charge is 0.226 e. The summed E-state index contributed by atoms with van der Waals surface area (Å²) in [5.41, 5.74) is 2.11. The third kappa shape index (κ3) is 4.40. The highest BCUT2D eigenvalue weighted by Crippen LogP contribution is 2.29. The molecule has 5 nitrogen and oxygen atoms in total. The number of ether oxygens (including phenoxy) is 2. The molecule has 1 N–H and O–H groups in total. The first-order chi connectivity index (χ1) is 12.7. The van der Waals surface area contributed by atoms with Gasteiger partial charge in [-0.15, -0.1) is 0 Å². The number of aromatic nitrogens is 1. The van der Waals surface area contributed by atoms with E-state index in [2.05, 4.69) is 10.3 Å². The van der Waals surface area contributed by atoms with E-state index < -0.39 is 0 Å². The summed E-state index contributed by atoms with van der Waals surface area (Å²) in [4.78, 5) is 17.5. The SMILES string of the molecule is COc1ccc(CCC(=O)Nc2ncc(-c3ccccc3)s2)cc1OC. The van der Waals surface area contributed by atoms with Crippen LogP contribution in [0.1, 0.15) is 12.0 Å². The topological polar surface area (TPSA) is 60.5 Å². The number of anilines is 1. The average molecular weight is 368 g/mol. The van der Waals surface area contributed by atoms with E-state index in [9.17, 15) is 4.79 Å². The van der Waals surface area contributed by atoms with Crippen molar-refractivity contribution >= 4 is 22.4 Å². The van der Waals surface area contributed by atoms with E-state index in [1.165, 1.54) is 11.3 Å². The molecule has 3 rings (SSSR count). The number of nitrogens with zero attached hydrogens (tertiary/aromatic N) is 1. The van der Waals surface area contributed by atoms with Gasteiger partial charge in [-0.3, -0.25) is 4.79 Å². The molecule has 0 fully saturated rings. The Morgan fingerprint density at radius 3 is 2.58 bits per heavy atom. The Labute approximate surface area is 156 Å². The minimum atomic E-state index is -0.0613. The number of aryl methyl sites for hydroxylation is 1. The number of benzene rings is 2. The number of carbonyl (C=O) groups is 1. The lowest BCUT2D eigenvalue weighted by atomic mass is 10.1. The summed E-state index contributed by atoms with van der Waals surface area (Å²) in [6.45, 7) is 0. The van der Waals surface area contributed by atoms with Crippen LogP contribution >= 0.6 is 11.3 Å². The first kappa shape index (κ1) is 17.9. The number of hydrogen-bond acceptors (Lipinski definition) is 5.